The molecule has 0 N–H and O–H groups in total. The molecule has 0 radical (unpaired) electrons. The second-order valence-electron chi connectivity index (χ2n) is 19.0. The molecule has 0 unspecified atom stereocenters. The third kappa shape index (κ3) is 8.43. The highest BCUT2D eigenvalue weighted by Gasteiger charge is 2.32. The Bertz CT molecular complexity index is 4340. The fraction of sp³-hybridized carbons (Fsp3) is 0.153. The van der Waals surface area contributed by atoms with E-state index >= 15 is 0 Å². The number of nitrogens with zero attached hydrogens (tertiary/aromatic N) is 16. The van der Waals surface area contributed by atoms with Crippen LogP contribution in [-0.2, 0) is 6.18 Å². The molecule has 0 aliphatic rings. The largest absolute Gasteiger partial charge is 0.416 e. The summed E-state index contributed by atoms with van der Waals surface area (Å²) in [5.74, 6) is 6.28. The molecule has 6 aromatic carbocycles. The number of alkyl halides is 3. The molecule has 0 bridgehead atoms. The van der Waals surface area contributed by atoms with E-state index in [0.29, 0.717) is 131 Å². The Hall–Kier alpha value is -10.3. The van der Waals surface area contributed by atoms with Crippen molar-refractivity contribution < 1.29 is 13.2 Å². The number of hydrogen-bond acceptors (Lipinski definition) is 14. The number of aryl methyl sites for hydroxylation is 8. The van der Waals surface area contributed by atoms with Crippen LogP contribution in [0, 0.1) is 78.1 Å². The van der Waals surface area contributed by atoms with Crippen molar-refractivity contribution in [2.75, 3.05) is 0 Å². The van der Waals surface area contributed by atoms with Gasteiger partial charge in [0.1, 0.15) is 52.7 Å². The van der Waals surface area contributed by atoms with Gasteiger partial charge in [-0.1, -0.05) is 6.07 Å². The lowest BCUT2D eigenvalue weighted by atomic mass is 9.94. The molecule has 0 spiro atoms. The van der Waals surface area contributed by atoms with Gasteiger partial charge in [-0.25, -0.2) is 59.8 Å². The quantitative estimate of drug-likeness (QED) is 0.145. The molecule has 0 fully saturated rings. The van der Waals surface area contributed by atoms with Gasteiger partial charge in [0.25, 0.3) is 0 Å². The van der Waals surface area contributed by atoms with Gasteiger partial charge in [0, 0.05) is 54.9 Å². The van der Waals surface area contributed by atoms with Crippen molar-refractivity contribution in [2.24, 2.45) is 0 Å². The molecular weight excluding hydrogens is 990 g/mol. The van der Waals surface area contributed by atoms with E-state index in [9.17, 15) is 23.7 Å². The number of fused-ring (bicyclic) bond motifs is 6. The van der Waals surface area contributed by atoms with Gasteiger partial charge in [0.05, 0.1) is 56.2 Å². The van der Waals surface area contributed by atoms with Crippen LogP contribution >= 0.6 is 0 Å². The van der Waals surface area contributed by atoms with E-state index in [1.165, 1.54) is 6.07 Å². The molecule has 378 valence electrons. The van der Waals surface area contributed by atoms with Crippen molar-refractivity contribution in [3.63, 3.8) is 0 Å². The predicted octanol–water partition coefficient (Wildman–Crippen LogP) is 12.2. The monoisotopic (exact) mass is 1030 g/mol. The van der Waals surface area contributed by atoms with Gasteiger partial charge in [0.15, 0.2) is 23.3 Å². The fourth-order valence-electron chi connectivity index (χ4n) is 10.4. The van der Waals surface area contributed by atoms with Gasteiger partial charge >= 0.3 is 6.18 Å². The molecule has 0 atom stereocenters. The van der Waals surface area contributed by atoms with E-state index in [-0.39, 0.29) is 16.7 Å². The molecule has 16 nitrogen and oxygen atoms in total. The standard InChI is InChI=1S/C59H41F3N16/c1-28-65-29(2)70-55(69-28)36-9-15-49-44(20-36)45-21-37(56-71-30(3)66-31(4)72-56)10-16-50(45)77(49)53-25-48(43-14-13-42(59(60,61)62)19-40(43)26-63)54(24-41(53)27-64)78-51-17-11-38(57-73-32(5)67-33(6)74-57)22-46(51)47-23-39(12-18-52(47)78)58-75-34(7)68-35(8)76-58/h9-25H,1-8H3. The van der Waals surface area contributed by atoms with E-state index < -0.39 is 11.7 Å². The minimum Gasteiger partial charge on any atom is -0.309 e. The number of rotatable bonds is 7. The maximum atomic E-state index is 14.5. The molecule has 19 heteroatoms. The SMILES string of the molecule is Cc1nc(C)nc(-c2ccc3c(c2)c2cc(-c4nc(C)nc(C)n4)ccc2n3-c2cc(-c3ccc(C(F)(F)F)cc3C#N)c(-n3c4ccc(-c5nc(C)nc(C)n5)cc4c4cc(-c5nc(C)nc(C)n5)ccc43)cc2C#N)n1. The lowest BCUT2D eigenvalue weighted by Crippen LogP contribution is -2.07. The highest BCUT2D eigenvalue weighted by atomic mass is 19.4. The molecule has 0 amide bonds. The summed E-state index contributed by atoms with van der Waals surface area (Å²) in [6.07, 6.45) is -4.74. The minimum absolute atomic E-state index is 0.202. The van der Waals surface area contributed by atoms with Crippen LogP contribution in [0.5, 0.6) is 0 Å². The van der Waals surface area contributed by atoms with Gasteiger partial charge < -0.3 is 9.13 Å². The topological polar surface area (TPSA) is 212 Å². The van der Waals surface area contributed by atoms with Gasteiger partial charge in [-0.15, -0.1) is 0 Å². The number of aromatic nitrogens is 14. The van der Waals surface area contributed by atoms with Crippen LogP contribution in [0.2, 0.25) is 0 Å². The van der Waals surface area contributed by atoms with Crippen LogP contribution in [0.3, 0.4) is 0 Å². The Balaban J connectivity index is 1.18. The number of nitriles is 2. The molecule has 0 saturated carbocycles. The molecular formula is C59H41F3N16. The zero-order chi connectivity index (χ0) is 54.5. The Morgan fingerprint density at radius 3 is 0.974 bits per heavy atom. The molecule has 78 heavy (non-hydrogen) atoms. The lowest BCUT2D eigenvalue weighted by molar-refractivity contribution is -0.137. The maximum absolute atomic E-state index is 14.5. The summed E-state index contributed by atoms with van der Waals surface area (Å²) in [5, 5.41) is 25.3. The lowest BCUT2D eigenvalue weighted by Gasteiger charge is -2.20. The van der Waals surface area contributed by atoms with Crippen molar-refractivity contribution >= 4 is 43.6 Å². The van der Waals surface area contributed by atoms with Gasteiger partial charge in [-0.3, -0.25) is 0 Å². The highest BCUT2D eigenvalue weighted by molar-refractivity contribution is 6.13. The zero-order valence-corrected chi connectivity index (χ0v) is 43.1. The molecule has 0 aliphatic heterocycles. The van der Waals surface area contributed by atoms with Gasteiger partial charge in [-0.2, -0.15) is 23.7 Å². The first kappa shape index (κ1) is 48.7. The van der Waals surface area contributed by atoms with Crippen LogP contribution in [-0.4, -0.2) is 68.9 Å². The number of hydrogen-bond donors (Lipinski definition) is 0. The summed E-state index contributed by atoms with van der Waals surface area (Å²) < 4.78 is 47.4. The van der Waals surface area contributed by atoms with Crippen molar-refractivity contribution in [2.45, 2.75) is 61.6 Å². The van der Waals surface area contributed by atoms with E-state index in [0.717, 1.165) is 33.7 Å². The molecule has 12 rings (SSSR count). The van der Waals surface area contributed by atoms with Crippen LogP contribution in [0.4, 0.5) is 13.2 Å². The number of halogens is 3. The van der Waals surface area contributed by atoms with Crippen molar-refractivity contribution in [3.05, 3.63) is 166 Å². The fourth-order valence-corrected chi connectivity index (χ4v) is 10.4. The minimum atomic E-state index is -4.74. The van der Waals surface area contributed by atoms with Crippen LogP contribution < -0.4 is 0 Å². The summed E-state index contributed by atoms with van der Waals surface area (Å²) in [4.78, 5) is 54.9. The highest BCUT2D eigenvalue weighted by Crippen LogP contribution is 2.44. The molecule has 12 aromatic rings. The van der Waals surface area contributed by atoms with Crippen LogP contribution in [0.25, 0.3) is 112 Å². The summed E-state index contributed by atoms with van der Waals surface area (Å²) >= 11 is 0. The Kier molecular flexibility index (Phi) is 11.4. The van der Waals surface area contributed by atoms with Gasteiger partial charge in [0.2, 0.25) is 0 Å². The number of benzene rings is 6. The van der Waals surface area contributed by atoms with E-state index in [1.807, 2.05) is 81.9 Å². The second kappa shape index (κ2) is 18.2. The summed E-state index contributed by atoms with van der Waals surface area (Å²) in [6, 6.07) is 34.4. The van der Waals surface area contributed by atoms with Crippen molar-refractivity contribution in [3.8, 4) is 80.2 Å². The predicted molar refractivity (Wildman–Crippen MR) is 288 cm³/mol. The molecule has 6 aromatic heterocycles. The average molecular weight is 1030 g/mol. The molecule has 6 heterocycles. The normalized spacial score (nSPS) is 11.8. The van der Waals surface area contributed by atoms with Crippen molar-refractivity contribution in [1.82, 2.24) is 68.9 Å². The first-order valence-electron chi connectivity index (χ1n) is 24.6. The van der Waals surface area contributed by atoms with Gasteiger partial charge in [-0.05, 0) is 152 Å². The summed E-state index contributed by atoms with van der Waals surface area (Å²) in [5.41, 5.74) is 5.93. The van der Waals surface area contributed by atoms with E-state index in [2.05, 4.69) is 71.9 Å². The van der Waals surface area contributed by atoms with E-state index in [1.54, 1.807) is 67.5 Å². The smallest absolute Gasteiger partial charge is 0.309 e. The Morgan fingerprint density at radius 2 is 0.667 bits per heavy atom. The third-order valence-corrected chi connectivity index (χ3v) is 13.5. The summed E-state index contributed by atoms with van der Waals surface area (Å²) in [6.45, 7) is 14.4. The second-order valence-corrected chi connectivity index (χ2v) is 19.0. The van der Waals surface area contributed by atoms with E-state index in [4.69, 9.17) is 0 Å². The Morgan fingerprint density at radius 1 is 0.346 bits per heavy atom. The maximum Gasteiger partial charge on any atom is 0.416 e. The molecule has 0 saturated heterocycles. The van der Waals surface area contributed by atoms with Crippen LogP contribution in [0.15, 0.2) is 103 Å². The first-order chi connectivity index (χ1) is 37.4. The van der Waals surface area contributed by atoms with Crippen LogP contribution in [0.1, 0.15) is 63.3 Å². The summed E-state index contributed by atoms with van der Waals surface area (Å²) in [7, 11) is 0. The molecule has 0 aliphatic carbocycles. The Labute approximate surface area is 442 Å². The zero-order valence-electron chi connectivity index (χ0n) is 43.1. The van der Waals surface area contributed by atoms with Crippen molar-refractivity contribution in [1.29, 1.82) is 10.5 Å². The average Bonchev–Trinajstić information content (AvgIpc) is 4.13. The third-order valence-electron chi connectivity index (χ3n) is 13.5. The first-order valence-corrected chi connectivity index (χ1v) is 24.6.